The first-order chi connectivity index (χ1) is 13.9. The lowest BCUT2D eigenvalue weighted by atomic mass is 10.2. The summed E-state index contributed by atoms with van der Waals surface area (Å²) in [5.74, 6) is -1.23. The van der Waals surface area contributed by atoms with Crippen LogP contribution in [0.15, 0.2) is 77.7 Å². The number of hydrogen-bond acceptors (Lipinski definition) is 3. The molecule has 2 amide bonds. The molecule has 0 aliphatic rings. The van der Waals surface area contributed by atoms with E-state index in [0.717, 1.165) is 4.90 Å². The molecule has 0 spiro atoms. The molecule has 148 valence electrons. The Morgan fingerprint density at radius 2 is 1.66 bits per heavy atom. The molecule has 4 nitrogen and oxygen atoms in total. The van der Waals surface area contributed by atoms with Crippen LogP contribution in [0.4, 0.5) is 15.8 Å². The number of anilines is 2. The third-order valence-corrected chi connectivity index (χ3v) is 5.35. The molecule has 2 N–H and O–H groups in total. The number of carbonyl (C=O) groups is 2. The van der Waals surface area contributed by atoms with E-state index in [-0.39, 0.29) is 16.7 Å². The van der Waals surface area contributed by atoms with Crippen molar-refractivity contribution in [3.63, 3.8) is 0 Å². The van der Waals surface area contributed by atoms with Crippen molar-refractivity contribution < 1.29 is 14.0 Å². The normalized spacial score (nSPS) is 11.6. The number of benzene rings is 3. The minimum Gasteiger partial charge on any atom is -0.325 e. The molecule has 0 aliphatic carbocycles. The molecule has 0 bridgehead atoms. The molecule has 0 saturated heterocycles. The standard InChI is InChI=1S/C22H18ClFN2O2S/c1-14(21(27)26-17-6-4-5-15(23)13-17)29-18-11-9-16(10-12-18)25-22(28)19-7-2-3-8-20(19)24/h2-14H,1H3,(H,25,28)(H,26,27). The van der Waals surface area contributed by atoms with Gasteiger partial charge in [-0.15, -0.1) is 11.8 Å². The second-order valence-corrected chi connectivity index (χ2v) is 8.07. The molecule has 0 aromatic heterocycles. The Morgan fingerprint density at radius 3 is 2.34 bits per heavy atom. The Kier molecular flexibility index (Phi) is 6.90. The van der Waals surface area contributed by atoms with Crippen LogP contribution in [0.25, 0.3) is 0 Å². The highest BCUT2D eigenvalue weighted by Crippen LogP contribution is 2.26. The number of halogens is 2. The first-order valence-corrected chi connectivity index (χ1v) is 10.1. The topological polar surface area (TPSA) is 58.2 Å². The van der Waals surface area contributed by atoms with Crippen molar-refractivity contribution in [1.29, 1.82) is 0 Å². The molecule has 0 aliphatic heterocycles. The molecule has 0 fully saturated rings. The van der Waals surface area contributed by atoms with Gasteiger partial charge >= 0.3 is 0 Å². The van der Waals surface area contributed by atoms with Crippen LogP contribution in [-0.2, 0) is 4.79 Å². The molecule has 0 saturated carbocycles. The van der Waals surface area contributed by atoms with Gasteiger partial charge in [0, 0.05) is 21.3 Å². The molecule has 0 heterocycles. The van der Waals surface area contributed by atoms with Crippen molar-refractivity contribution in [3.05, 3.63) is 89.2 Å². The zero-order valence-electron chi connectivity index (χ0n) is 15.5. The molecular weight excluding hydrogens is 411 g/mol. The summed E-state index contributed by atoms with van der Waals surface area (Å²) in [6, 6.07) is 19.8. The van der Waals surface area contributed by atoms with Gasteiger partial charge in [-0.05, 0) is 61.5 Å². The average Bonchev–Trinajstić information content (AvgIpc) is 2.69. The van der Waals surface area contributed by atoms with Gasteiger partial charge in [0.2, 0.25) is 5.91 Å². The molecule has 3 aromatic rings. The van der Waals surface area contributed by atoms with E-state index in [1.54, 1.807) is 61.5 Å². The van der Waals surface area contributed by atoms with Crippen molar-refractivity contribution in [1.82, 2.24) is 0 Å². The number of nitrogens with one attached hydrogen (secondary N) is 2. The van der Waals surface area contributed by atoms with Crippen molar-refractivity contribution in [3.8, 4) is 0 Å². The Labute approximate surface area is 177 Å². The lowest BCUT2D eigenvalue weighted by molar-refractivity contribution is -0.115. The Hall–Kier alpha value is -2.83. The highest BCUT2D eigenvalue weighted by molar-refractivity contribution is 8.00. The van der Waals surface area contributed by atoms with E-state index in [0.29, 0.717) is 16.4 Å². The summed E-state index contributed by atoms with van der Waals surface area (Å²) >= 11 is 7.31. The van der Waals surface area contributed by atoms with Crippen LogP contribution in [0, 0.1) is 5.82 Å². The summed E-state index contributed by atoms with van der Waals surface area (Å²) in [7, 11) is 0. The SMILES string of the molecule is CC(Sc1ccc(NC(=O)c2ccccc2F)cc1)C(=O)Nc1cccc(Cl)c1. The second kappa shape index (κ2) is 9.58. The van der Waals surface area contributed by atoms with Crippen molar-refractivity contribution in [2.45, 2.75) is 17.1 Å². The van der Waals surface area contributed by atoms with E-state index in [1.807, 2.05) is 0 Å². The summed E-state index contributed by atoms with van der Waals surface area (Å²) in [4.78, 5) is 25.4. The summed E-state index contributed by atoms with van der Waals surface area (Å²) in [5.41, 5.74) is 1.16. The minimum absolute atomic E-state index is 0.0164. The fourth-order valence-electron chi connectivity index (χ4n) is 2.53. The zero-order chi connectivity index (χ0) is 20.8. The van der Waals surface area contributed by atoms with Crippen LogP contribution in [0.2, 0.25) is 5.02 Å². The Morgan fingerprint density at radius 1 is 0.931 bits per heavy atom. The van der Waals surface area contributed by atoms with E-state index < -0.39 is 11.7 Å². The van der Waals surface area contributed by atoms with E-state index in [1.165, 1.54) is 30.0 Å². The first-order valence-electron chi connectivity index (χ1n) is 8.81. The summed E-state index contributed by atoms with van der Waals surface area (Å²) in [6.45, 7) is 1.80. The van der Waals surface area contributed by atoms with Crippen LogP contribution in [0.5, 0.6) is 0 Å². The monoisotopic (exact) mass is 428 g/mol. The van der Waals surface area contributed by atoms with Gasteiger partial charge in [0.1, 0.15) is 5.82 Å². The molecule has 1 atom stereocenters. The highest BCUT2D eigenvalue weighted by atomic mass is 35.5. The lowest BCUT2D eigenvalue weighted by Crippen LogP contribution is -2.22. The second-order valence-electron chi connectivity index (χ2n) is 6.22. The zero-order valence-corrected chi connectivity index (χ0v) is 17.1. The maximum Gasteiger partial charge on any atom is 0.258 e. The van der Waals surface area contributed by atoms with Crippen LogP contribution in [-0.4, -0.2) is 17.1 Å². The molecular formula is C22H18ClFN2O2S. The number of thioether (sulfide) groups is 1. The lowest BCUT2D eigenvalue weighted by Gasteiger charge is -2.13. The van der Waals surface area contributed by atoms with Gasteiger partial charge in [0.25, 0.3) is 5.91 Å². The number of carbonyl (C=O) groups excluding carboxylic acids is 2. The van der Waals surface area contributed by atoms with Crippen molar-refractivity contribution >= 4 is 46.6 Å². The third kappa shape index (κ3) is 5.82. The van der Waals surface area contributed by atoms with Crippen LogP contribution in [0.3, 0.4) is 0 Å². The fraction of sp³-hybridized carbons (Fsp3) is 0.0909. The van der Waals surface area contributed by atoms with Crippen LogP contribution >= 0.6 is 23.4 Å². The van der Waals surface area contributed by atoms with Gasteiger partial charge in [-0.2, -0.15) is 0 Å². The Balaban J connectivity index is 1.57. The molecule has 7 heteroatoms. The molecule has 29 heavy (non-hydrogen) atoms. The summed E-state index contributed by atoms with van der Waals surface area (Å²) in [6.07, 6.45) is 0. The fourth-order valence-corrected chi connectivity index (χ4v) is 3.59. The third-order valence-electron chi connectivity index (χ3n) is 4.00. The van der Waals surface area contributed by atoms with Crippen LogP contribution < -0.4 is 10.6 Å². The van der Waals surface area contributed by atoms with Crippen molar-refractivity contribution in [2.24, 2.45) is 0 Å². The molecule has 0 radical (unpaired) electrons. The van der Waals surface area contributed by atoms with E-state index >= 15 is 0 Å². The number of amides is 2. The molecule has 3 rings (SSSR count). The van der Waals surface area contributed by atoms with Gasteiger partial charge in [-0.3, -0.25) is 9.59 Å². The van der Waals surface area contributed by atoms with Crippen LogP contribution in [0.1, 0.15) is 17.3 Å². The average molecular weight is 429 g/mol. The van der Waals surface area contributed by atoms with E-state index in [2.05, 4.69) is 10.6 Å². The number of rotatable bonds is 6. The quantitative estimate of drug-likeness (QED) is 0.484. The Bertz CT molecular complexity index is 1030. The van der Waals surface area contributed by atoms with E-state index in [4.69, 9.17) is 11.6 Å². The maximum absolute atomic E-state index is 13.7. The van der Waals surface area contributed by atoms with Gasteiger partial charge in [-0.1, -0.05) is 29.8 Å². The molecule has 1 unspecified atom stereocenters. The predicted octanol–water partition coefficient (Wildman–Crippen LogP) is 5.85. The van der Waals surface area contributed by atoms with E-state index in [9.17, 15) is 14.0 Å². The van der Waals surface area contributed by atoms with Gasteiger partial charge in [-0.25, -0.2) is 4.39 Å². The number of hydrogen-bond donors (Lipinski definition) is 2. The summed E-state index contributed by atoms with van der Waals surface area (Å²) < 4.78 is 13.7. The van der Waals surface area contributed by atoms with Gasteiger partial charge in [0.15, 0.2) is 0 Å². The van der Waals surface area contributed by atoms with Gasteiger partial charge < -0.3 is 10.6 Å². The summed E-state index contributed by atoms with van der Waals surface area (Å²) in [5, 5.41) is 5.70. The smallest absolute Gasteiger partial charge is 0.258 e. The van der Waals surface area contributed by atoms with Gasteiger partial charge in [0.05, 0.1) is 10.8 Å². The highest BCUT2D eigenvalue weighted by Gasteiger charge is 2.15. The molecule has 3 aromatic carbocycles. The minimum atomic E-state index is -0.572. The first kappa shape index (κ1) is 20.9. The van der Waals surface area contributed by atoms with Crippen molar-refractivity contribution in [2.75, 3.05) is 10.6 Å². The largest absolute Gasteiger partial charge is 0.325 e. The predicted molar refractivity (Wildman–Crippen MR) is 116 cm³/mol. The maximum atomic E-state index is 13.7.